The van der Waals surface area contributed by atoms with E-state index in [1.165, 1.54) is 24.9 Å². The molecular weight excluding hydrogens is 390 g/mol. The molecule has 1 aromatic carbocycles. The highest BCUT2D eigenvalue weighted by Gasteiger charge is 2.53. The molecule has 6 nitrogen and oxygen atoms in total. The van der Waals surface area contributed by atoms with Crippen molar-refractivity contribution in [1.29, 1.82) is 0 Å². The number of H-pyrrole nitrogens is 1. The molecule has 156 valence electrons. The number of aromatic amines is 1. The number of ether oxygens (including phenoxy) is 1. The van der Waals surface area contributed by atoms with Gasteiger partial charge in [0.05, 0.1) is 25.4 Å². The first-order chi connectivity index (χ1) is 13.6. The van der Waals surface area contributed by atoms with Crippen molar-refractivity contribution in [1.82, 2.24) is 4.98 Å². The predicted molar refractivity (Wildman–Crippen MR) is 114 cm³/mol. The fraction of sp³-hybridized carbons (Fsp3) is 0.545. The van der Waals surface area contributed by atoms with Gasteiger partial charge in [0.2, 0.25) is 0 Å². The standard InChI is InChI=1S/C22H28ClN3O3/c1-21(2)8-14-9-22(3,11-21)12-26(14)10-17(27)25-18-15-7-13(23)5-6-16(15)24-19(18)20(28)29-4/h5-7,14,24H,8-12H2,1-4H3,(H,25,27)/p+1/t14-,22-/m0/s1. The number of likely N-dealkylation sites (tertiary alicyclic amines) is 1. The maximum absolute atomic E-state index is 13.0. The Hall–Kier alpha value is -2.05. The summed E-state index contributed by atoms with van der Waals surface area (Å²) in [5, 5.41) is 4.21. The van der Waals surface area contributed by atoms with Gasteiger partial charge in [-0.05, 0) is 30.0 Å². The summed E-state index contributed by atoms with van der Waals surface area (Å²) in [5.74, 6) is -0.619. The summed E-state index contributed by atoms with van der Waals surface area (Å²) >= 11 is 6.14. The molecule has 2 aliphatic rings. The van der Waals surface area contributed by atoms with Crippen LogP contribution in [0.1, 0.15) is 50.5 Å². The number of rotatable bonds is 4. The number of anilines is 1. The van der Waals surface area contributed by atoms with E-state index in [4.69, 9.17) is 16.3 Å². The number of fused-ring (bicyclic) bond motifs is 3. The van der Waals surface area contributed by atoms with Crippen LogP contribution in [-0.4, -0.2) is 43.1 Å². The summed E-state index contributed by atoms with van der Waals surface area (Å²) in [7, 11) is 1.32. The number of hydrogen-bond acceptors (Lipinski definition) is 3. The second kappa shape index (κ2) is 7.03. The Balaban J connectivity index is 1.57. The minimum Gasteiger partial charge on any atom is -0.464 e. The normalized spacial score (nSPS) is 27.8. The van der Waals surface area contributed by atoms with Crippen molar-refractivity contribution in [3.63, 3.8) is 0 Å². The van der Waals surface area contributed by atoms with Crippen LogP contribution in [0.5, 0.6) is 0 Å². The number of aromatic nitrogens is 1. The lowest BCUT2D eigenvalue weighted by atomic mass is 9.65. The van der Waals surface area contributed by atoms with Gasteiger partial charge in [0.25, 0.3) is 5.91 Å². The molecular formula is C22H29ClN3O3+. The minimum absolute atomic E-state index is 0.0972. The molecule has 2 aromatic rings. The van der Waals surface area contributed by atoms with Crippen molar-refractivity contribution < 1.29 is 19.2 Å². The third-order valence-electron chi connectivity index (χ3n) is 6.48. The first kappa shape index (κ1) is 20.2. The highest BCUT2D eigenvalue weighted by atomic mass is 35.5. The quantitative estimate of drug-likeness (QED) is 0.668. The Morgan fingerprint density at radius 3 is 2.79 bits per heavy atom. The first-order valence-corrected chi connectivity index (χ1v) is 10.5. The second-order valence-corrected chi connectivity index (χ2v) is 10.3. The maximum atomic E-state index is 13.0. The molecule has 1 aliphatic heterocycles. The highest BCUT2D eigenvalue weighted by Crippen LogP contribution is 2.47. The van der Waals surface area contributed by atoms with Gasteiger partial charge in [-0.25, -0.2) is 4.79 Å². The molecule has 1 amide bonds. The number of quaternary nitrogens is 1. The van der Waals surface area contributed by atoms with E-state index < -0.39 is 5.97 Å². The van der Waals surface area contributed by atoms with Gasteiger partial charge in [-0.15, -0.1) is 0 Å². The number of amides is 1. The Labute approximate surface area is 175 Å². The lowest BCUT2D eigenvalue weighted by Gasteiger charge is -2.37. The van der Waals surface area contributed by atoms with Gasteiger partial charge < -0.3 is 19.9 Å². The molecule has 1 saturated heterocycles. The fourth-order valence-corrected chi connectivity index (χ4v) is 6.07. The molecule has 1 aromatic heterocycles. The van der Waals surface area contributed by atoms with Gasteiger partial charge in [0.15, 0.2) is 6.54 Å². The number of carbonyl (C=O) groups is 2. The summed E-state index contributed by atoms with van der Waals surface area (Å²) in [6, 6.07) is 5.78. The van der Waals surface area contributed by atoms with E-state index in [1.54, 1.807) is 18.2 Å². The van der Waals surface area contributed by atoms with E-state index in [-0.39, 0.29) is 11.6 Å². The van der Waals surface area contributed by atoms with Crippen molar-refractivity contribution in [2.75, 3.05) is 25.5 Å². The van der Waals surface area contributed by atoms with Gasteiger partial charge in [-0.2, -0.15) is 0 Å². The molecule has 0 spiro atoms. The monoisotopic (exact) mass is 418 g/mol. The van der Waals surface area contributed by atoms with Crippen LogP contribution in [0.15, 0.2) is 18.2 Å². The molecule has 7 heteroatoms. The fourth-order valence-electron chi connectivity index (χ4n) is 5.90. The summed E-state index contributed by atoms with van der Waals surface area (Å²) in [5.41, 5.74) is 2.02. The SMILES string of the molecule is COC(=O)c1[nH]c2ccc(Cl)cc2c1NC(=O)C[NH+]1C[C@@]2(C)C[C@@H]1CC(C)(C)C2. The molecule has 3 N–H and O–H groups in total. The summed E-state index contributed by atoms with van der Waals surface area (Å²) < 4.78 is 4.88. The van der Waals surface area contributed by atoms with Crippen molar-refractivity contribution >= 4 is 40.1 Å². The van der Waals surface area contributed by atoms with E-state index >= 15 is 0 Å². The number of carbonyl (C=O) groups excluding carboxylic acids is 2. The Morgan fingerprint density at radius 2 is 2.07 bits per heavy atom. The minimum atomic E-state index is -0.522. The summed E-state index contributed by atoms with van der Waals surface area (Å²) in [6.45, 7) is 8.42. The van der Waals surface area contributed by atoms with E-state index in [9.17, 15) is 9.59 Å². The lowest BCUT2D eigenvalue weighted by molar-refractivity contribution is -0.906. The number of halogens is 1. The van der Waals surface area contributed by atoms with Crippen LogP contribution < -0.4 is 10.2 Å². The molecule has 2 fully saturated rings. The summed E-state index contributed by atoms with van der Waals surface area (Å²) in [4.78, 5) is 29.6. The van der Waals surface area contributed by atoms with Crippen molar-refractivity contribution in [3.05, 3.63) is 28.9 Å². The summed E-state index contributed by atoms with van der Waals surface area (Å²) in [6.07, 6.45) is 3.52. The Kier molecular flexibility index (Phi) is 4.90. The number of hydrogen-bond donors (Lipinski definition) is 3. The van der Waals surface area contributed by atoms with Gasteiger partial charge in [-0.3, -0.25) is 4.79 Å². The van der Waals surface area contributed by atoms with E-state index in [2.05, 4.69) is 31.1 Å². The average Bonchev–Trinajstić information content (AvgIpc) is 3.07. The molecule has 29 heavy (non-hydrogen) atoms. The van der Waals surface area contributed by atoms with Crippen molar-refractivity contribution in [3.8, 4) is 0 Å². The van der Waals surface area contributed by atoms with E-state index in [0.29, 0.717) is 39.5 Å². The van der Waals surface area contributed by atoms with Crippen LogP contribution in [0.25, 0.3) is 10.9 Å². The van der Waals surface area contributed by atoms with Crippen LogP contribution in [0.3, 0.4) is 0 Å². The zero-order valence-electron chi connectivity index (χ0n) is 17.4. The van der Waals surface area contributed by atoms with E-state index in [1.807, 2.05) is 0 Å². The molecule has 2 heterocycles. The molecule has 2 bridgehead atoms. The van der Waals surface area contributed by atoms with E-state index in [0.717, 1.165) is 18.5 Å². The Bertz CT molecular complexity index is 983. The predicted octanol–water partition coefficient (Wildman–Crippen LogP) is 3.03. The number of benzene rings is 1. The third-order valence-corrected chi connectivity index (χ3v) is 6.71. The molecule has 1 unspecified atom stereocenters. The molecule has 1 aliphatic carbocycles. The zero-order chi connectivity index (χ0) is 21.0. The van der Waals surface area contributed by atoms with Crippen molar-refractivity contribution in [2.24, 2.45) is 10.8 Å². The van der Waals surface area contributed by atoms with Gasteiger partial charge in [0, 0.05) is 34.2 Å². The third kappa shape index (κ3) is 3.88. The lowest BCUT2D eigenvalue weighted by Crippen LogP contribution is -3.15. The molecule has 3 atom stereocenters. The van der Waals surface area contributed by atoms with Crippen LogP contribution in [0, 0.1) is 10.8 Å². The van der Waals surface area contributed by atoms with Gasteiger partial charge in [-0.1, -0.05) is 32.4 Å². The topological polar surface area (TPSA) is 75.6 Å². The molecule has 4 rings (SSSR count). The van der Waals surface area contributed by atoms with Crippen LogP contribution >= 0.6 is 11.6 Å². The van der Waals surface area contributed by atoms with Crippen molar-refractivity contribution in [2.45, 2.75) is 46.1 Å². The van der Waals surface area contributed by atoms with Gasteiger partial charge >= 0.3 is 5.97 Å². The number of nitrogens with one attached hydrogen (secondary N) is 3. The van der Waals surface area contributed by atoms with Crippen LogP contribution in [0.2, 0.25) is 5.02 Å². The molecule has 0 radical (unpaired) electrons. The highest BCUT2D eigenvalue weighted by molar-refractivity contribution is 6.31. The van der Waals surface area contributed by atoms with Crippen LogP contribution in [-0.2, 0) is 9.53 Å². The smallest absolute Gasteiger partial charge is 0.356 e. The first-order valence-electron chi connectivity index (χ1n) is 10.1. The maximum Gasteiger partial charge on any atom is 0.356 e. The molecule has 1 saturated carbocycles. The second-order valence-electron chi connectivity index (χ2n) is 9.87. The Morgan fingerprint density at radius 1 is 1.31 bits per heavy atom. The van der Waals surface area contributed by atoms with Crippen LogP contribution in [0.4, 0.5) is 5.69 Å². The zero-order valence-corrected chi connectivity index (χ0v) is 18.2. The number of esters is 1. The largest absolute Gasteiger partial charge is 0.464 e. The number of methoxy groups -OCH3 is 1. The van der Waals surface area contributed by atoms with Gasteiger partial charge in [0.1, 0.15) is 5.69 Å². The average molecular weight is 419 g/mol.